The second kappa shape index (κ2) is 8.74. The van der Waals surface area contributed by atoms with Crippen LogP contribution < -0.4 is 10.2 Å². The van der Waals surface area contributed by atoms with Crippen LogP contribution in [0.4, 0.5) is 5.69 Å². The summed E-state index contributed by atoms with van der Waals surface area (Å²) < 4.78 is 0. The van der Waals surface area contributed by atoms with E-state index < -0.39 is 0 Å². The predicted molar refractivity (Wildman–Crippen MR) is 115 cm³/mol. The fourth-order valence-corrected chi connectivity index (χ4v) is 3.31. The standard InChI is InChI=1S/C25H24N2O2/c28-24(26-22-14-15-22)17-20-10-7-13-23(16-20)27(18-19-8-3-1-4-9-19)25(29)21-11-5-2-6-12-21/h1-13,16,22H,14-15,17-18H2,(H,26,28). The molecule has 0 atom stereocenters. The number of amides is 2. The minimum atomic E-state index is -0.0611. The first-order valence-corrected chi connectivity index (χ1v) is 9.98. The number of carbonyl (C=O) groups is 2. The van der Waals surface area contributed by atoms with Crippen molar-refractivity contribution in [2.24, 2.45) is 0 Å². The lowest BCUT2D eigenvalue weighted by atomic mass is 10.1. The molecule has 1 aliphatic rings. The van der Waals surface area contributed by atoms with Crippen LogP contribution in [0.5, 0.6) is 0 Å². The van der Waals surface area contributed by atoms with E-state index in [4.69, 9.17) is 0 Å². The number of carbonyl (C=O) groups excluding carboxylic acids is 2. The van der Waals surface area contributed by atoms with Gasteiger partial charge in [0.15, 0.2) is 0 Å². The molecule has 0 unspecified atom stereocenters. The lowest BCUT2D eigenvalue weighted by Gasteiger charge is -2.24. The number of rotatable bonds is 7. The Kier molecular flexibility index (Phi) is 5.71. The first kappa shape index (κ1) is 18.9. The van der Waals surface area contributed by atoms with Crippen LogP contribution in [-0.4, -0.2) is 17.9 Å². The molecule has 1 N–H and O–H groups in total. The molecule has 146 valence electrons. The van der Waals surface area contributed by atoms with Crippen LogP contribution in [0.2, 0.25) is 0 Å². The highest BCUT2D eigenvalue weighted by atomic mass is 16.2. The van der Waals surface area contributed by atoms with Crippen LogP contribution in [0.1, 0.15) is 34.3 Å². The molecular formula is C25H24N2O2. The average molecular weight is 384 g/mol. The maximum absolute atomic E-state index is 13.3. The van der Waals surface area contributed by atoms with Crippen LogP contribution in [0, 0.1) is 0 Å². The number of benzene rings is 3. The third-order valence-electron chi connectivity index (χ3n) is 4.98. The molecule has 4 nitrogen and oxygen atoms in total. The van der Waals surface area contributed by atoms with E-state index in [2.05, 4.69) is 5.32 Å². The lowest BCUT2D eigenvalue weighted by Crippen LogP contribution is -2.30. The van der Waals surface area contributed by atoms with Gasteiger partial charge in [0, 0.05) is 17.3 Å². The summed E-state index contributed by atoms with van der Waals surface area (Å²) in [6, 6.07) is 27.3. The van der Waals surface area contributed by atoms with Crippen molar-refractivity contribution in [1.82, 2.24) is 5.32 Å². The Labute approximate surface area is 171 Å². The van der Waals surface area contributed by atoms with E-state index in [9.17, 15) is 9.59 Å². The Balaban J connectivity index is 1.60. The fraction of sp³-hybridized carbons (Fsp3) is 0.200. The highest BCUT2D eigenvalue weighted by Gasteiger charge is 2.23. The van der Waals surface area contributed by atoms with Gasteiger partial charge in [-0.05, 0) is 48.2 Å². The Morgan fingerprint density at radius 3 is 2.17 bits per heavy atom. The van der Waals surface area contributed by atoms with Crippen LogP contribution in [0.15, 0.2) is 84.9 Å². The highest BCUT2D eigenvalue weighted by molar-refractivity contribution is 6.06. The van der Waals surface area contributed by atoms with E-state index in [1.165, 1.54) is 0 Å². The Bertz CT molecular complexity index is 982. The largest absolute Gasteiger partial charge is 0.353 e. The second-order valence-electron chi connectivity index (χ2n) is 7.43. The second-order valence-corrected chi connectivity index (χ2v) is 7.43. The van der Waals surface area contributed by atoms with Gasteiger partial charge in [0.25, 0.3) is 5.91 Å². The van der Waals surface area contributed by atoms with Crippen LogP contribution in [-0.2, 0) is 17.8 Å². The van der Waals surface area contributed by atoms with Crippen molar-refractivity contribution in [3.8, 4) is 0 Å². The molecule has 0 radical (unpaired) electrons. The molecule has 2 amide bonds. The zero-order chi connectivity index (χ0) is 20.1. The highest BCUT2D eigenvalue weighted by Crippen LogP contribution is 2.23. The van der Waals surface area contributed by atoms with E-state index in [0.717, 1.165) is 29.7 Å². The number of hydrogen-bond donors (Lipinski definition) is 1. The molecule has 29 heavy (non-hydrogen) atoms. The van der Waals surface area contributed by atoms with E-state index >= 15 is 0 Å². The predicted octanol–water partition coefficient (Wildman–Crippen LogP) is 4.35. The summed E-state index contributed by atoms with van der Waals surface area (Å²) in [5, 5.41) is 3.02. The fourth-order valence-electron chi connectivity index (χ4n) is 3.31. The molecule has 0 bridgehead atoms. The Morgan fingerprint density at radius 2 is 1.48 bits per heavy atom. The van der Waals surface area contributed by atoms with Gasteiger partial charge in [0.2, 0.25) is 5.91 Å². The third-order valence-corrected chi connectivity index (χ3v) is 4.98. The van der Waals surface area contributed by atoms with E-state index in [0.29, 0.717) is 24.6 Å². The first-order chi connectivity index (χ1) is 14.2. The molecule has 4 heteroatoms. The molecule has 1 saturated carbocycles. The molecule has 0 saturated heterocycles. The van der Waals surface area contributed by atoms with Gasteiger partial charge in [0.1, 0.15) is 0 Å². The molecule has 1 aliphatic carbocycles. The van der Waals surface area contributed by atoms with Crippen molar-refractivity contribution in [3.63, 3.8) is 0 Å². The molecule has 0 aliphatic heterocycles. The summed E-state index contributed by atoms with van der Waals surface area (Å²) in [5.41, 5.74) is 3.38. The number of nitrogens with zero attached hydrogens (tertiary/aromatic N) is 1. The Morgan fingerprint density at radius 1 is 0.828 bits per heavy atom. The smallest absolute Gasteiger partial charge is 0.258 e. The minimum absolute atomic E-state index is 0.0358. The van der Waals surface area contributed by atoms with Crippen LogP contribution in [0.3, 0.4) is 0 Å². The number of nitrogens with one attached hydrogen (secondary N) is 1. The van der Waals surface area contributed by atoms with Gasteiger partial charge in [-0.2, -0.15) is 0 Å². The quantitative estimate of drug-likeness (QED) is 0.658. The third kappa shape index (κ3) is 5.11. The van der Waals surface area contributed by atoms with Crippen LogP contribution >= 0.6 is 0 Å². The van der Waals surface area contributed by atoms with Gasteiger partial charge in [-0.15, -0.1) is 0 Å². The van der Waals surface area contributed by atoms with Crippen LogP contribution in [0.25, 0.3) is 0 Å². The van der Waals surface area contributed by atoms with Gasteiger partial charge in [-0.3, -0.25) is 9.59 Å². The topological polar surface area (TPSA) is 49.4 Å². The molecule has 4 rings (SSSR count). The van der Waals surface area contributed by atoms with Crippen molar-refractivity contribution in [3.05, 3.63) is 102 Å². The van der Waals surface area contributed by atoms with Crippen molar-refractivity contribution >= 4 is 17.5 Å². The van der Waals surface area contributed by atoms with Gasteiger partial charge in [0.05, 0.1) is 13.0 Å². The van der Waals surface area contributed by atoms with Crippen molar-refractivity contribution in [1.29, 1.82) is 0 Å². The normalized spacial score (nSPS) is 13.0. The molecule has 0 heterocycles. The molecule has 0 spiro atoms. The first-order valence-electron chi connectivity index (χ1n) is 9.98. The summed E-state index contributed by atoms with van der Waals surface area (Å²) in [4.78, 5) is 27.3. The summed E-state index contributed by atoms with van der Waals surface area (Å²) in [6.45, 7) is 0.465. The van der Waals surface area contributed by atoms with Gasteiger partial charge in [-0.1, -0.05) is 60.7 Å². The molecule has 0 aromatic heterocycles. The van der Waals surface area contributed by atoms with Crippen molar-refractivity contribution < 1.29 is 9.59 Å². The van der Waals surface area contributed by atoms with Gasteiger partial charge < -0.3 is 10.2 Å². The van der Waals surface area contributed by atoms with Gasteiger partial charge in [-0.25, -0.2) is 0 Å². The molecule has 1 fully saturated rings. The summed E-state index contributed by atoms with van der Waals surface area (Å²) >= 11 is 0. The molecular weight excluding hydrogens is 360 g/mol. The SMILES string of the molecule is O=C(Cc1cccc(N(Cc2ccccc2)C(=O)c2ccccc2)c1)NC1CC1. The van der Waals surface area contributed by atoms with E-state index in [1.807, 2.05) is 84.9 Å². The van der Waals surface area contributed by atoms with E-state index in [1.54, 1.807) is 4.90 Å². The monoisotopic (exact) mass is 384 g/mol. The van der Waals surface area contributed by atoms with Gasteiger partial charge >= 0.3 is 0 Å². The maximum Gasteiger partial charge on any atom is 0.258 e. The van der Waals surface area contributed by atoms with E-state index in [-0.39, 0.29) is 11.8 Å². The zero-order valence-electron chi connectivity index (χ0n) is 16.3. The van der Waals surface area contributed by atoms with Crippen molar-refractivity contribution in [2.45, 2.75) is 31.8 Å². The number of anilines is 1. The number of hydrogen-bond acceptors (Lipinski definition) is 2. The summed E-state index contributed by atoms with van der Waals surface area (Å²) in [7, 11) is 0. The summed E-state index contributed by atoms with van der Waals surface area (Å²) in [5.74, 6) is -0.0253. The zero-order valence-corrected chi connectivity index (χ0v) is 16.3. The summed E-state index contributed by atoms with van der Waals surface area (Å²) in [6.07, 6.45) is 2.47. The van der Waals surface area contributed by atoms with Crippen molar-refractivity contribution in [2.75, 3.05) is 4.90 Å². The molecule has 3 aromatic rings. The lowest BCUT2D eigenvalue weighted by molar-refractivity contribution is -0.120. The molecule has 3 aromatic carbocycles. The average Bonchev–Trinajstić information content (AvgIpc) is 3.57. The Hall–Kier alpha value is -3.40. The maximum atomic E-state index is 13.3. The minimum Gasteiger partial charge on any atom is -0.353 e.